The van der Waals surface area contributed by atoms with Crippen LogP contribution >= 0.6 is 0 Å². The molecule has 1 nitrogen and oxygen atoms in total. The summed E-state index contributed by atoms with van der Waals surface area (Å²) in [6.45, 7) is 0.213. The highest BCUT2D eigenvalue weighted by Crippen LogP contribution is 2.30. The summed E-state index contributed by atoms with van der Waals surface area (Å²) in [6.07, 6.45) is 2.59. The molecule has 0 saturated heterocycles. The summed E-state index contributed by atoms with van der Waals surface area (Å²) in [6, 6.07) is 0. The quantitative estimate of drug-likeness (QED) is 0.575. The van der Waals surface area contributed by atoms with Crippen molar-refractivity contribution >= 4 is 0 Å². The first-order valence-corrected chi connectivity index (χ1v) is 3.18. The smallest absolute Gasteiger partial charge is 0.115 e. The topological polar surface area (TPSA) is 26.0 Å². The third-order valence-corrected chi connectivity index (χ3v) is 1.89. The van der Waals surface area contributed by atoms with Gasteiger partial charge in [0.2, 0.25) is 0 Å². The molecule has 0 aromatic rings. The summed E-state index contributed by atoms with van der Waals surface area (Å²) < 4.78 is 12.5. The molecule has 0 amide bonds. The standard InChI is InChI=1S/C6H12FN/c7-6(4-8)5-2-1-3-5/h5-6H,1-4,8H2. The summed E-state index contributed by atoms with van der Waals surface area (Å²) >= 11 is 0. The molecule has 1 unspecified atom stereocenters. The molecular formula is C6H12FN. The monoisotopic (exact) mass is 117 g/mol. The van der Waals surface area contributed by atoms with E-state index in [4.69, 9.17) is 5.73 Å². The van der Waals surface area contributed by atoms with Gasteiger partial charge in [-0.2, -0.15) is 0 Å². The molecule has 0 aromatic carbocycles. The first-order valence-electron chi connectivity index (χ1n) is 3.18. The van der Waals surface area contributed by atoms with Crippen LogP contribution < -0.4 is 5.73 Å². The molecule has 8 heavy (non-hydrogen) atoms. The molecule has 1 aliphatic carbocycles. The lowest BCUT2D eigenvalue weighted by atomic mass is 9.82. The fourth-order valence-electron chi connectivity index (χ4n) is 0.994. The van der Waals surface area contributed by atoms with Gasteiger partial charge in [-0.25, -0.2) is 4.39 Å². The Hall–Kier alpha value is -0.110. The molecule has 0 aliphatic heterocycles. The lowest BCUT2D eigenvalue weighted by molar-refractivity contribution is 0.155. The van der Waals surface area contributed by atoms with E-state index in [1.807, 2.05) is 0 Å². The Morgan fingerprint density at radius 2 is 2.25 bits per heavy atom. The highest BCUT2D eigenvalue weighted by molar-refractivity contribution is 4.77. The predicted octanol–water partition coefficient (Wildman–Crippen LogP) is 1.08. The van der Waals surface area contributed by atoms with Gasteiger partial charge in [-0.15, -0.1) is 0 Å². The lowest BCUT2D eigenvalue weighted by Crippen LogP contribution is -2.29. The van der Waals surface area contributed by atoms with E-state index in [2.05, 4.69) is 0 Å². The maximum atomic E-state index is 12.5. The van der Waals surface area contributed by atoms with Gasteiger partial charge in [0.25, 0.3) is 0 Å². The van der Waals surface area contributed by atoms with Crippen LogP contribution in [0.4, 0.5) is 4.39 Å². The minimum absolute atomic E-state index is 0.213. The van der Waals surface area contributed by atoms with Crippen LogP contribution in [0.2, 0.25) is 0 Å². The molecule has 1 saturated carbocycles. The van der Waals surface area contributed by atoms with Gasteiger partial charge >= 0.3 is 0 Å². The Kier molecular flexibility index (Phi) is 1.84. The van der Waals surface area contributed by atoms with Crippen LogP contribution in [-0.4, -0.2) is 12.7 Å². The average Bonchev–Trinajstić information content (AvgIpc) is 1.62. The van der Waals surface area contributed by atoms with Crippen molar-refractivity contribution in [3.05, 3.63) is 0 Å². The molecule has 2 heteroatoms. The van der Waals surface area contributed by atoms with Crippen molar-refractivity contribution in [2.45, 2.75) is 25.4 Å². The van der Waals surface area contributed by atoms with Crippen molar-refractivity contribution in [2.24, 2.45) is 11.7 Å². The second-order valence-corrected chi connectivity index (χ2v) is 2.44. The van der Waals surface area contributed by atoms with Crippen molar-refractivity contribution in [3.8, 4) is 0 Å². The molecule has 0 radical (unpaired) electrons. The van der Waals surface area contributed by atoms with Gasteiger partial charge in [0.15, 0.2) is 0 Å². The van der Waals surface area contributed by atoms with E-state index in [-0.39, 0.29) is 6.54 Å². The molecule has 1 rings (SSSR count). The zero-order valence-corrected chi connectivity index (χ0v) is 4.94. The third-order valence-electron chi connectivity index (χ3n) is 1.89. The van der Waals surface area contributed by atoms with Crippen molar-refractivity contribution in [2.75, 3.05) is 6.54 Å². The normalized spacial score (nSPS) is 24.8. The number of rotatable bonds is 2. The number of halogens is 1. The Morgan fingerprint density at radius 3 is 2.38 bits per heavy atom. The van der Waals surface area contributed by atoms with E-state index in [1.54, 1.807) is 0 Å². The summed E-state index contributed by atoms with van der Waals surface area (Å²) in [5, 5.41) is 0. The molecule has 0 heterocycles. The second kappa shape index (κ2) is 2.44. The molecule has 2 N–H and O–H groups in total. The molecule has 1 aliphatic rings. The maximum absolute atomic E-state index is 12.5. The average molecular weight is 117 g/mol. The van der Waals surface area contributed by atoms with Gasteiger partial charge < -0.3 is 5.73 Å². The van der Waals surface area contributed by atoms with E-state index in [1.165, 1.54) is 6.42 Å². The van der Waals surface area contributed by atoms with Gasteiger partial charge in [0.05, 0.1) is 0 Å². The predicted molar refractivity (Wildman–Crippen MR) is 31.3 cm³/mol. The van der Waals surface area contributed by atoms with Crippen LogP contribution in [0.1, 0.15) is 19.3 Å². The van der Waals surface area contributed by atoms with Gasteiger partial charge in [-0.05, 0) is 18.8 Å². The Balaban J connectivity index is 2.13. The zero-order valence-electron chi connectivity index (χ0n) is 4.94. The molecule has 0 aromatic heterocycles. The Morgan fingerprint density at radius 1 is 1.62 bits per heavy atom. The van der Waals surface area contributed by atoms with Gasteiger partial charge in [-0.1, -0.05) is 6.42 Å². The van der Waals surface area contributed by atoms with Crippen molar-refractivity contribution in [1.29, 1.82) is 0 Å². The zero-order chi connectivity index (χ0) is 5.98. The fourth-order valence-corrected chi connectivity index (χ4v) is 0.994. The molecule has 48 valence electrons. The van der Waals surface area contributed by atoms with Crippen LogP contribution in [0, 0.1) is 5.92 Å². The first-order chi connectivity index (χ1) is 3.84. The van der Waals surface area contributed by atoms with Crippen molar-refractivity contribution in [3.63, 3.8) is 0 Å². The van der Waals surface area contributed by atoms with Crippen LogP contribution in [0.15, 0.2) is 0 Å². The molecule has 1 fully saturated rings. The van der Waals surface area contributed by atoms with E-state index < -0.39 is 6.17 Å². The van der Waals surface area contributed by atoms with Crippen LogP contribution in [0.3, 0.4) is 0 Å². The summed E-state index contributed by atoms with van der Waals surface area (Å²) in [5.41, 5.74) is 5.11. The van der Waals surface area contributed by atoms with Gasteiger partial charge in [0, 0.05) is 6.54 Å². The summed E-state index contributed by atoms with van der Waals surface area (Å²) in [5.74, 6) is 0.306. The molecule has 0 spiro atoms. The second-order valence-electron chi connectivity index (χ2n) is 2.44. The van der Waals surface area contributed by atoms with Gasteiger partial charge in [0.1, 0.15) is 6.17 Å². The highest BCUT2D eigenvalue weighted by Gasteiger charge is 2.25. The van der Waals surface area contributed by atoms with Crippen molar-refractivity contribution < 1.29 is 4.39 Å². The fraction of sp³-hybridized carbons (Fsp3) is 1.00. The van der Waals surface area contributed by atoms with E-state index in [0.29, 0.717) is 5.92 Å². The lowest BCUT2D eigenvalue weighted by Gasteiger charge is -2.27. The van der Waals surface area contributed by atoms with E-state index >= 15 is 0 Å². The summed E-state index contributed by atoms with van der Waals surface area (Å²) in [7, 11) is 0. The van der Waals surface area contributed by atoms with E-state index in [0.717, 1.165) is 12.8 Å². The highest BCUT2D eigenvalue weighted by atomic mass is 19.1. The minimum Gasteiger partial charge on any atom is -0.328 e. The number of alkyl halides is 1. The first kappa shape index (κ1) is 6.02. The third kappa shape index (κ3) is 0.996. The van der Waals surface area contributed by atoms with Crippen LogP contribution in [0.5, 0.6) is 0 Å². The number of hydrogen-bond acceptors (Lipinski definition) is 1. The maximum Gasteiger partial charge on any atom is 0.115 e. The largest absolute Gasteiger partial charge is 0.328 e. The summed E-state index contributed by atoms with van der Waals surface area (Å²) in [4.78, 5) is 0. The molecule has 0 bridgehead atoms. The van der Waals surface area contributed by atoms with Crippen LogP contribution in [0.25, 0.3) is 0 Å². The SMILES string of the molecule is NCC(F)C1CCC1. The van der Waals surface area contributed by atoms with Crippen LogP contribution in [-0.2, 0) is 0 Å². The number of hydrogen-bond donors (Lipinski definition) is 1. The molecular weight excluding hydrogens is 105 g/mol. The van der Waals surface area contributed by atoms with E-state index in [9.17, 15) is 4.39 Å². The Labute approximate surface area is 49.1 Å². The Bertz CT molecular complexity index is 68.2. The van der Waals surface area contributed by atoms with Gasteiger partial charge in [-0.3, -0.25) is 0 Å². The van der Waals surface area contributed by atoms with Crippen molar-refractivity contribution in [1.82, 2.24) is 0 Å². The minimum atomic E-state index is -0.719. The number of nitrogens with two attached hydrogens (primary N) is 1. The molecule has 1 atom stereocenters.